The van der Waals surface area contributed by atoms with E-state index in [1.165, 1.54) is 12.3 Å². The Hall–Kier alpha value is -1.50. The second-order valence-corrected chi connectivity index (χ2v) is 2.64. The molecule has 1 aromatic rings. The van der Waals surface area contributed by atoms with E-state index in [9.17, 15) is 8.42 Å². The van der Waals surface area contributed by atoms with Crippen LogP contribution in [0.3, 0.4) is 0 Å². The Morgan fingerprint density at radius 2 is 2.36 bits per heavy atom. The Morgan fingerprint density at radius 1 is 1.73 bits per heavy atom. The van der Waals surface area contributed by atoms with Gasteiger partial charge in [-0.3, -0.25) is 10.5 Å². The van der Waals surface area contributed by atoms with Crippen LogP contribution in [0.4, 0.5) is 0 Å². The lowest BCUT2D eigenvalue weighted by Crippen LogP contribution is -2.22. The summed E-state index contributed by atoms with van der Waals surface area (Å²) in [6.07, 6.45) is 1.38. The summed E-state index contributed by atoms with van der Waals surface area (Å²) in [4.78, 5) is 0. The molecule has 6 nitrogen and oxygen atoms in total. The maximum atomic E-state index is 10.4. The van der Waals surface area contributed by atoms with Crippen LogP contribution < -0.4 is 5.73 Å². The Kier molecular flexibility index (Phi) is 1.81. The van der Waals surface area contributed by atoms with Crippen molar-refractivity contribution in [3.05, 3.63) is 16.9 Å². The standard InChI is InChI=1S/C4H6N4O2S/c5-4(6)8-3(11(9)10)1-2-7-8/h1-2,7H,(H3,5,6). The number of hydrogen-bond donors (Lipinski definition) is 3. The highest BCUT2D eigenvalue weighted by molar-refractivity contribution is 7.63. The summed E-state index contributed by atoms with van der Waals surface area (Å²) in [5.74, 6) is -0.366. The normalized spacial score (nSPS) is 9.45. The molecule has 11 heavy (non-hydrogen) atoms. The minimum Gasteiger partial charge on any atom is -0.368 e. The zero-order valence-corrected chi connectivity index (χ0v) is 6.22. The topological polar surface area (TPSA) is 105 Å². The smallest absolute Gasteiger partial charge is 0.240 e. The average Bonchev–Trinajstić information content (AvgIpc) is 2.32. The van der Waals surface area contributed by atoms with Crippen molar-refractivity contribution in [2.45, 2.75) is 0 Å². The summed E-state index contributed by atoms with van der Waals surface area (Å²) in [7, 11) is -2.37. The molecule has 0 saturated carbocycles. The van der Waals surface area contributed by atoms with Crippen LogP contribution in [0, 0.1) is 10.0 Å². The summed E-state index contributed by atoms with van der Waals surface area (Å²) in [6, 6.07) is 1.31. The first-order chi connectivity index (χ1) is 5.13. The first-order valence-electron chi connectivity index (χ1n) is 2.66. The zero-order chi connectivity index (χ0) is 8.43. The van der Waals surface area contributed by atoms with Gasteiger partial charge in [0.1, 0.15) is 0 Å². The van der Waals surface area contributed by atoms with Gasteiger partial charge in [0.2, 0.25) is 16.3 Å². The molecule has 1 heterocycles. The molecule has 1 aromatic heterocycles. The maximum Gasteiger partial charge on any atom is 0.240 e. The molecule has 1 rings (SSSR count). The predicted octanol–water partition coefficient (Wildman–Crippen LogP) is -1.03. The second kappa shape index (κ2) is 2.62. The molecule has 0 unspecified atom stereocenters. The van der Waals surface area contributed by atoms with Crippen LogP contribution in [0.2, 0.25) is 0 Å². The summed E-state index contributed by atoms with van der Waals surface area (Å²) < 4.78 is 21.7. The lowest BCUT2D eigenvalue weighted by molar-refractivity contribution is 0.623. The summed E-state index contributed by atoms with van der Waals surface area (Å²) in [5.41, 5.74) is 5.04. The van der Waals surface area contributed by atoms with Crippen LogP contribution in [0.1, 0.15) is 0 Å². The minimum atomic E-state index is -2.37. The van der Waals surface area contributed by atoms with E-state index in [-0.39, 0.29) is 10.6 Å². The average molecular weight is 174 g/mol. The third-order valence-corrected chi connectivity index (χ3v) is 1.72. The van der Waals surface area contributed by atoms with Crippen LogP contribution in [-0.2, 0) is 10.3 Å². The lowest BCUT2D eigenvalue weighted by atomic mass is 10.7. The quantitative estimate of drug-likeness (QED) is 0.266. The molecule has 0 saturated heterocycles. The number of hydrogen-bond acceptors (Lipinski definition) is 3. The Bertz CT molecular complexity index is 429. The molecule has 0 aliphatic rings. The molecule has 0 atom stereocenters. The number of rotatable bonds is 0. The number of nitrogens with one attached hydrogen (secondary N) is 2. The minimum absolute atomic E-state index is 0.0579. The molecule has 0 amide bonds. The highest BCUT2D eigenvalue weighted by atomic mass is 32.2. The van der Waals surface area contributed by atoms with Gasteiger partial charge in [-0.05, 0) is 6.07 Å². The van der Waals surface area contributed by atoms with Crippen molar-refractivity contribution in [1.82, 2.24) is 9.78 Å². The van der Waals surface area contributed by atoms with Crippen molar-refractivity contribution in [2.75, 3.05) is 0 Å². The van der Waals surface area contributed by atoms with E-state index in [1.54, 1.807) is 0 Å². The van der Waals surface area contributed by atoms with Gasteiger partial charge in [-0.15, -0.1) is 0 Å². The van der Waals surface area contributed by atoms with Gasteiger partial charge in [0.25, 0.3) is 0 Å². The molecule has 0 spiro atoms. The molecule has 0 radical (unpaired) electrons. The van der Waals surface area contributed by atoms with Gasteiger partial charge >= 0.3 is 0 Å². The zero-order valence-electron chi connectivity index (χ0n) is 5.40. The van der Waals surface area contributed by atoms with E-state index in [4.69, 9.17) is 11.1 Å². The van der Waals surface area contributed by atoms with Crippen molar-refractivity contribution >= 4 is 16.3 Å². The monoisotopic (exact) mass is 174 g/mol. The van der Waals surface area contributed by atoms with Crippen molar-refractivity contribution in [1.29, 1.82) is 5.41 Å². The molecule has 0 aliphatic carbocycles. The summed E-state index contributed by atoms with van der Waals surface area (Å²) >= 11 is 0. The fourth-order valence-electron chi connectivity index (χ4n) is 0.640. The highest BCUT2D eigenvalue weighted by Gasteiger charge is 1.95. The van der Waals surface area contributed by atoms with Crippen molar-refractivity contribution in [2.24, 2.45) is 5.73 Å². The number of aromatic nitrogens is 2. The van der Waals surface area contributed by atoms with Crippen LogP contribution in [-0.4, -0.2) is 24.2 Å². The summed E-state index contributed by atoms with van der Waals surface area (Å²) in [5, 5.41) is 9.38. The van der Waals surface area contributed by atoms with Crippen molar-refractivity contribution in [3.8, 4) is 0 Å². The van der Waals surface area contributed by atoms with E-state index >= 15 is 0 Å². The van der Waals surface area contributed by atoms with Gasteiger partial charge in [-0.2, -0.15) is 8.42 Å². The van der Waals surface area contributed by atoms with E-state index in [0.29, 0.717) is 0 Å². The molecular weight excluding hydrogens is 168 g/mol. The second-order valence-electron chi connectivity index (χ2n) is 1.76. The third kappa shape index (κ3) is 1.32. The Balaban J connectivity index is 3.67. The Labute approximate surface area is 63.3 Å². The number of aromatic amines is 1. The molecular formula is C4H6N4O2S. The van der Waals surface area contributed by atoms with Gasteiger partial charge in [-0.25, -0.2) is 4.68 Å². The van der Waals surface area contributed by atoms with Gasteiger partial charge in [-0.1, -0.05) is 0 Å². The molecule has 0 aromatic carbocycles. The predicted molar refractivity (Wildman–Crippen MR) is 38.3 cm³/mol. The number of nitrogens with zero attached hydrogens (tertiary/aromatic N) is 1. The van der Waals surface area contributed by atoms with Crippen molar-refractivity contribution < 1.29 is 8.42 Å². The Morgan fingerprint density at radius 3 is 2.73 bits per heavy atom. The van der Waals surface area contributed by atoms with Crippen LogP contribution in [0.25, 0.3) is 0 Å². The van der Waals surface area contributed by atoms with Gasteiger partial charge < -0.3 is 5.73 Å². The fourth-order valence-corrected chi connectivity index (χ4v) is 1.12. The maximum absolute atomic E-state index is 10.4. The molecule has 60 valence electrons. The first-order valence-corrected chi connectivity index (χ1v) is 3.73. The summed E-state index contributed by atoms with van der Waals surface area (Å²) in [6.45, 7) is 0. The molecule has 4 N–H and O–H groups in total. The van der Waals surface area contributed by atoms with E-state index in [1.807, 2.05) is 0 Å². The van der Waals surface area contributed by atoms with Gasteiger partial charge in [0.15, 0.2) is 4.64 Å². The molecule has 0 bridgehead atoms. The lowest BCUT2D eigenvalue weighted by Gasteiger charge is -1.94. The third-order valence-electron chi connectivity index (χ3n) is 1.06. The van der Waals surface area contributed by atoms with Gasteiger partial charge in [0, 0.05) is 6.20 Å². The highest BCUT2D eigenvalue weighted by Crippen LogP contribution is 1.84. The van der Waals surface area contributed by atoms with Crippen molar-refractivity contribution in [3.63, 3.8) is 0 Å². The van der Waals surface area contributed by atoms with E-state index < -0.39 is 10.3 Å². The molecule has 7 heteroatoms. The first kappa shape index (κ1) is 7.61. The van der Waals surface area contributed by atoms with Gasteiger partial charge in [0.05, 0.1) is 0 Å². The van der Waals surface area contributed by atoms with Crippen LogP contribution in [0.5, 0.6) is 0 Å². The van der Waals surface area contributed by atoms with Crippen LogP contribution >= 0.6 is 0 Å². The number of nitrogen functional groups attached to an aromatic ring is 1. The fraction of sp³-hybridized carbons (Fsp3) is 0. The van der Waals surface area contributed by atoms with Crippen LogP contribution in [0.15, 0.2) is 12.3 Å². The number of nitrogens with two attached hydrogens (primary N) is 1. The molecule has 0 aliphatic heterocycles. The SMILES string of the molecule is N=C(N)n1[nH]ccc1=S(=O)=O. The van der Waals surface area contributed by atoms with E-state index in [2.05, 4.69) is 5.10 Å². The largest absolute Gasteiger partial charge is 0.368 e. The van der Waals surface area contributed by atoms with E-state index in [0.717, 1.165) is 4.68 Å². The number of H-pyrrole nitrogens is 1. The molecule has 0 fully saturated rings.